The van der Waals surface area contributed by atoms with E-state index in [4.69, 9.17) is 31.0 Å². The van der Waals surface area contributed by atoms with Crippen molar-refractivity contribution in [1.29, 1.82) is 0 Å². The van der Waals surface area contributed by atoms with Crippen molar-refractivity contribution in [3.05, 3.63) is 17.7 Å². The standard InChI is InChI=1S/C10H12ClNO4/c1-14-6-4-7(15-2)9(10(11)12-13)8(5-6)16-3/h4-5,13H,1-3H3/b12-10-. The molecule has 16 heavy (non-hydrogen) atoms. The van der Waals surface area contributed by atoms with E-state index in [1.54, 1.807) is 12.1 Å². The third kappa shape index (κ3) is 2.30. The van der Waals surface area contributed by atoms with Crippen LogP contribution in [0.25, 0.3) is 0 Å². The lowest BCUT2D eigenvalue weighted by Crippen LogP contribution is -2.01. The summed E-state index contributed by atoms with van der Waals surface area (Å²) in [6.45, 7) is 0. The van der Waals surface area contributed by atoms with Crippen LogP contribution in [-0.2, 0) is 0 Å². The van der Waals surface area contributed by atoms with Gasteiger partial charge in [0, 0.05) is 12.1 Å². The molecule has 0 saturated carbocycles. The molecule has 5 nitrogen and oxygen atoms in total. The van der Waals surface area contributed by atoms with Crippen LogP contribution in [0.5, 0.6) is 17.2 Å². The molecule has 0 aliphatic rings. The maximum Gasteiger partial charge on any atom is 0.182 e. The molecule has 0 bridgehead atoms. The first kappa shape index (κ1) is 12.4. The van der Waals surface area contributed by atoms with Gasteiger partial charge in [-0.2, -0.15) is 0 Å². The van der Waals surface area contributed by atoms with E-state index < -0.39 is 0 Å². The van der Waals surface area contributed by atoms with Crippen molar-refractivity contribution in [3.63, 3.8) is 0 Å². The van der Waals surface area contributed by atoms with Crippen molar-refractivity contribution >= 4 is 16.8 Å². The van der Waals surface area contributed by atoms with Crippen LogP contribution in [0.4, 0.5) is 0 Å². The van der Waals surface area contributed by atoms with Gasteiger partial charge in [-0.05, 0) is 0 Å². The van der Waals surface area contributed by atoms with Crippen molar-refractivity contribution in [3.8, 4) is 17.2 Å². The number of hydrogen-bond donors (Lipinski definition) is 1. The van der Waals surface area contributed by atoms with Crippen molar-refractivity contribution in [2.24, 2.45) is 5.16 Å². The minimum absolute atomic E-state index is 0.114. The van der Waals surface area contributed by atoms with Gasteiger partial charge in [0.25, 0.3) is 0 Å². The van der Waals surface area contributed by atoms with Crippen LogP contribution in [0.3, 0.4) is 0 Å². The summed E-state index contributed by atoms with van der Waals surface area (Å²) in [5, 5.41) is 11.5. The fourth-order valence-electron chi connectivity index (χ4n) is 1.26. The van der Waals surface area contributed by atoms with Crippen LogP contribution < -0.4 is 14.2 Å². The van der Waals surface area contributed by atoms with E-state index >= 15 is 0 Å². The fraction of sp³-hybridized carbons (Fsp3) is 0.300. The first-order valence-electron chi connectivity index (χ1n) is 4.35. The molecule has 1 aromatic rings. The summed E-state index contributed by atoms with van der Waals surface area (Å²) in [6, 6.07) is 3.23. The van der Waals surface area contributed by atoms with E-state index in [0.717, 1.165) is 0 Å². The molecule has 1 N–H and O–H groups in total. The number of ether oxygens (including phenoxy) is 3. The molecule has 0 fully saturated rings. The molecule has 0 radical (unpaired) electrons. The molecule has 0 heterocycles. The Balaban J connectivity index is 3.43. The molecule has 0 atom stereocenters. The highest BCUT2D eigenvalue weighted by molar-refractivity contribution is 6.70. The van der Waals surface area contributed by atoms with E-state index in [9.17, 15) is 0 Å². The smallest absolute Gasteiger partial charge is 0.182 e. The minimum atomic E-state index is -0.114. The maximum atomic E-state index is 8.67. The topological polar surface area (TPSA) is 60.3 Å². The molecule has 6 heteroatoms. The van der Waals surface area contributed by atoms with Crippen LogP contribution in [0.2, 0.25) is 0 Å². The molecule has 0 saturated heterocycles. The molecule has 1 rings (SSSR count). The average Bonchev–Trinajstić information content (AvgIpc) is 2.35. The molecule has 0 spiro atoms. The van der Waals surface area contributed by atoms with E-state index in [-0.39, 0.29) is 5.17 Å². The maximum absolute atomic E-state index is 8.67. The van der Waals surface area contributed by atoms with Crippen LogP contribution in [0.1, 0.15) is 5.56 Å². The Morgan fingerprint density at radius 3 is 1.94 bits per heavy atom. The first-order valence-corrected chi connectivity index (χ1v) is 4.73. The van der Waals surface area contributed by atoms with Crippen LogP contribution in [0, 0.1) is 0 Å². The van der Waals surface area contributed by atoms with Gasteiger partial charge in [0.15, 0.2) is 5.17 Å². The first-order chi connectivity index (χ1) is 7.67. The van der Waals surface area contributed by atoms with Crippen molar-refractivity contribution in [2.75, 3.05) is 21.3 Å². The lowest BCUT2D eigenvalue weighted by Gasteiger charge is -2.13. The van der Waals surface area contributed by atoms with Crippen LogP contribution in [-0.4, -0.2) is 31.7 Å². The number of nitrogens with zero attached hydrogens (tertiary/aromatic N) is 1. The van der Waals surface area contributed by atoms with E-state index in [0.29, 0.717) is 22.8 Å². The van der Waals surface area contributed by atoms with Gasteiger partial charge in [0.1, 0.15) is 17.2 Å². The molecular formula is C10H12ClNO4. The highest BCUT2D eigenvalue weighted by Crippen LogP contribution is 2.35. The van der Waals surface area contributed by atoms with E-state index in [1.165, 1.54) is 21.3 Å². The second-order valence-electron chi connectivity index (χ2n) is 2.80. The van der Waals surface area contributed by atoms with E-state index in [1.807, 2.05) is 0 Å². The Labute approximate surface area is 98.2 Å². The summed E-state index contributed by atoms with van der Waals surface area (Å²) < 4.78 is 15.3. The number of methoxy groups -OCH3 is 3. The van der Waals surface area contributed by atoms with Crippen molar-refractivity contribution in [2.45, 2.75) is 0 Å². The summed E-state index contributed by atoms with van der Waals surface area (Å²) in [5.74, 6) is 1.36. The van der Waals surface area contributed by atoms with Gasteiger partial charge in [-0.1, -0.05) is 16.8 Å². The number of rotatable bonds is 4. The van der Waals surface area contributed by atoms with Gasteiger partial charge < -0.3 is 19.4 Å². The predicted octanol–water partition coefficient (Wildman–Crippen LogP) is 2.09. The lowest BCUT2D eigenvalue weighted by molar-refractivity contribution is 0.319. The van der Waals surface area contributed by atoms with Crippen LogP contribution >= 0.6 is 11.6 Å². The second kappa shape index (κ2) is 5.46. The molecule has 88 valence electrons. The molecule has 0 unspecified atom stereocenters. The van der Waals surface area contributed by atoms with Gasteiger partial charge >= 0.3 is 0 Å². The Morgan fingerprint density at radius 2 is 1.62 bits per heavy atom. The Bertz CT molecular complexity index is 381. The second-order valence-corrected chi connectivity index (χ2v) is 3.16. The zero-order valence-corrected chi connectivity index (χ0v) is 9.91. The number of benzene rings is 1. The molecule has 0 aromatic heterocycles. The van der Waals surface area contributed by atoms with E-state index in [2.05, 4.69) is 5.16 Å². The molecule has 0 aliphatic carbocycles. The highest BCUT2D eigenvalue weighted by Gasteiger charge is 2.17. The Kier molecular flexibility index (Phi) is 4.25. The molecule has 0 aliphatic heterocycles. The van der Waals surface area contributed by atoms with Gasteiger partial charge in [-0.3, -0.25) is 0 Å². The van der Waals surface area contributed by atoms with Gasteiger partial charge in [-0.15, -0.1) is 0 Å². The zero-order valence-electron chi connectivity index (χ0n) is 9.15. The predicted molar refractivity (Wildman–Crippen MR) is 60.3 cm³/mol. The van der Waals surface area contributed by atoms with Gasteiger partial charge in [0.2, 0.25) is 0 Å². The van der Waals surface area contributed by atoms with Gasteiger partial charge in [0.05, 0.1) is 26.9 Å². The third-order valence-corrected chi connectivity index (χ3v) is 2.27. The Hall–Kier alpha value is -1.62. The summed E-state index contributed by atoms with van der Waals surface area (Å²) in [4.78, 5) is 0. The highest BCUT2D eigenvalue weighted by atomic mass is 35.5. The number of hydrogen-bond acceptors (Lipinski definition) is 5. The molecule has 1 aromatic carbocycles. The van der Waals surface area contributed by atoms with Crippen molar-refractivity contribution in [1.82, 2.24) is 0 Å². The molecule has 0 amide bonds. The summed E-state index contributed by atoms with van der Waals surface area (Å²) >= 11 is 5.75. The monoisotopic (exact) mass is 245 g/mol. The Morgan fingerprint density at radius 1 is 1.12 bits per heavy atom. The fourth-order valence-corrected chi connectivity index (χ4v) is 1.45. The average molecular weight is 246 g/mol. The zero-order chi connectivity index (χ0) is 12.1. The number of oxime groups is 1. The third-order valence-electron chi connectivity index (χ3n) is 2.01. The van der Waals surface area contributed by atoms with Crippen LogP contribution in [0.15, 0.2) is 17.3 Å². The molecular weight excluding hydrogens is 234 g/mol. The minimum Gasteiger partial charge on any atom is -0.496 e. The summed E-state index contributed by atoms with van der Waals surface area (Å²) in [5.41, 5.74) is 0.370. The normalized spacial score (nSPS) is 11.1. The van der Waals surface area contributed by atoms with Crippen molar-refractivity contribution < 1.29 is 19.4 Å². The SMILES string of the molecule is COc1cc(OC)c(/C(Cl)=N/O)c(OC)c1. The largest absolute Gasteiger partial charge is 0.496 e. The summed E-state index contributed by atoms with van der Waals surface area (Å²) in [6.07, 6.45) is 0. The number of halogens is 1. The quantitative estimate of drug-likeness (QED) is 0.501. The lowest BCUT2D eigenvalue weighted by atomic mass is 10.1. The van der Waals surface area contributed by atoms with Gasteiger partial charge in [-0.25, -0.2) is 0 Å². The summed E-state index contributed by atoms with van der Waals surface area (Å²) in [7, 11) is 4.47.